The fourth-order valence-electron chi connectivity index (χ4n) is 2.18. The van der Waals surface area contributed by atoms with E-state index in [1.165, 1.54) is 8.82 Å². The number of hydrogen-bond acceptors (Lipinski definition) is 7. The summed E-state index contributed by atoms with van der Waals surface area (Å²) in [5.74, 6) is -0.516. The molecule has 1 fully saturated rings. The molecule has 0 atom stereocenters. The number of nitrogens with zero attached hydrogens (tertiary/aromatic N) is 5. The molecule has 1 N–H and O–H groups in total. The lowest BCUT2D eigenvalue weighted by molar-refractivity contribution is 0.0730. The summed E-state index contributed by atoms with van der Waals surface area (Å²) in [5.41, 5.74) is 0. The number of ether oxygens (including phenoxy) is 1. The summed E-state index contributed by atoms with van der Waals surface area (Å²) in [6.07, 6.45) is 3.16. The number of halogens is 1. The highest BCUT2D eigenvalue weighted by atomic mass is 79.9. The predicted molar refractivity (Wildman–Crippen MR) is 87.0 cm³/mol. The number of carbonyl (C=O) groups is 1. The quantitative estimate of drug-likeness (QED) is 0.679. The van der Waals surface area contributed by atoms with Crippen LogP contribution in [0.25, 0.3) is 5.78 Å². The van der Waals surface area contributed by atoms with E-state index in [9.17, 15) is 13.2 Å². The first-order chi connectivity index (χ1) is 11.5. The molecule has 2 aromatic rings. The van der Waals surface area contributed by atoms with Crippen molar-refractivity contribution in [1.29, 1.82) is 0 Å². The molecule has 0 bridgehead atoms. The molecule has 1 saturated heterocycles. The van der Waals surface area contributed by atoms with Gasteiger partial charge in [-0.25, -0.2) is 17.9 Å². The zero-order valence-corrected chi connectivity index (χ0v) is 15.0. The van der Waals surface area contributed by atoms with Crippen molar-refractivity contribution in [3.63, 3.8) is 0 Å². The lowest BCUT2D eigenvalue weighted by Gasteiger charge is -2.25. The molecule has 24 heavy (non-hydrogen) atoms. The summed E-state index contributed by atoms with van der Waals surface area (Å²) in [6.45, 7) is 1.43. The van der Waals surface area contributed by atoms with Gasteiger partial charge in [-0.05, 0) is 15.9 Å². The Kier molecular flexibility index (Phi) is 5.08. The Morgan fingerprint density at radius 2 is 2.12 bits per heavy atom. The summed E-state index contributed by atoms with van der Waals surface area (Å²) in [6, 6.07) is 0. The van der Waals surface area contributed by atoms with Crippen LogP contribution in [-0.2, 0) is 14.8 Å². The minimum Gasteiger partial charge on any atom is -0.379 e. The number of amides is 1. The molecule has 3 heterocycles. The number of sulfonamides is 1. The molecule has 1 aliphatic rings. The summed E-state index contributed by atoms with van der Waals surface area (Å²) < 4.78 is 32.9. The summed E-state index contributed by atoms with van der Waals surface area (Å²) in [5, 5.41) is 6.52. The Morgan fingerprint density at radius 3 is 2.88 bits per heavy atom. The Labute approximate surface area is 146 Å². The van der Waals surface area contributed by atoms with Gasteiger partial charge in [0.1, 0.15) is 0 Å². The fraction of sp³-hybridized carbons (Fsp3) is 0.500. The van der Waals surface area contributed by atoms with Crippen molar-refractivity contribution < 1.29 is 17.9 Å². The molecule has 0 spiro atoms. The molecule has 10 nitrogen and oxygen atoms in total. The monoisotopic (exact) mass is 418 g/mol. The largest absolute Gasteiger partial charge is 0.379 e. The van der Waals surface area contributed by atoms with Crippen molar-refractivity contribution in [3.8, 4) is 0 Å². The number of carbonyl (C=O) groups excluding carboxylic acids is 1. The highest BCUT2D eigenvalue weighted by Gasteiger charge is 2.24. The van der Waals surface area contributed by atoms with Crippen molar-refractivity contribution in [2.45, 2.75) is 0 Å². The van der Waals surface area contributed by atoms with Gasteiger partial charge in [0, 0.05) is 32.0 Å². The number of rotatable bonds is 5. The highest BCUT2D eigenvalue weighted by Crippen LogP contribution is 2.08. The van der Waals surface area contributed by atoms with E-state index in [1.807, 2.05) is 0 Å². The van der Waals surface area contributed by atoms with Gasteiger partial charge >= 0.3 is 0 Å². The van der Waals surface area contributed by atoms with Crippen LogP contribution in [0.15, 0.2) is 16.9 Å². The predicted octanol–water partition coefficient (Wildman–Crippen LogP) is -0.721. The van der Waals surface area contributed by atoms with E-state index in [4.69, 9.17) is 4.74 Å². The lowest BCUT2D eigenvalue weighted by Crippen LogP contribution is -2.43. The van der Waals surface area contributed by atoms with E-state index >= 15 is 0 Å². The van der Waals surface area contributed by atoms with Crippen LogP contribution >= 0.6 is 15.9 Å². The minimum atomic E-state index is -3.42. The van der Waals surface area contributed by atoms with Crippen molar-refractivity contribution in [3.05, 3.63) is 22.7 Å². The average molecular weight is 419 g/mol. The fourth-order valence-corrected chi connectivity index (χ4v) is 3.80. The second kappa shape index (κ2) is 7.09. The third-order valence-electron chi connectivity index (χ3n) is 3.37. The molecule has 0 aliphatic carbocycles. The number of nitrogens with one attached hydrogen (secondary N) is 1. The van der Waals surface area contributed by atoms with Crippen molar-refractivity contribution in [2.24, 2.45) is 0 Å². The molecule has 130 valence electrons. The maximum Gasteiger partial charge on any atom is 0.291 e. The van der Waals surface area contributed by atoms with Gasteiger partial charge in [-0.3, -0.25) is 4.79 Å². The Morgan fingerprint density at radius 1 is 1.38 bits per heavy atom. The van der Waals surface area contributed by atoms with Crippen LogP contribution in [0.2, 0.25) is 0 Å². The number of fused-ring (bicyclic) bond motifs is 1. The normalized spacial score (nSPS) is 16.4. The van der Waals surface area contributed by atoms with Crippen LogP contribution < -0.4 is 5.32 Å². The van der Waals surface area contributed by atoms with E-state index in [-0.39, 0.29) is 23.9 Å². The molecule has 0 unspecified atom stereocenters. The Hall–Kier alpha value is -1.63. The maximum absolute atomic E-state index is 12.2. The molecule has 12 heteroatoms. The zero-order valence-electron chi connectivity index (χ0n) is 12.6. The third-order valence-corrected chi connectivity index (χ3v) is 5.66. The van der Waals surface area contributed by atoms with E-state index in [1.54, 1.807) is 12.4 Å². The number of aromatic nitrogens is 4. The van der Waals surface area contributed by atoms with Crippen LogP contribution in [0.3, 0.4) is 0 Å². The zero-order chi connectivity index (χ0) is 17.2. The minimum absolute atomic E-state index is 0.0226. The smallest absolute Gasteiger partial charge is 0.291 e. The van der Waals surface area contributed by atoms with Gasteiger partial charge in [0.15, 0.2) is 0 Å². The lowest BCUT2D eigenvalue weighted by atomic mass is 10.5. The van der Waals surface area contributed by atoms with Crippen LogP contribution in [0, 0.1) is 0 Å². The number of hydrogen-bond donors (Lipinski definition) is 1. The van der Waals surface area contributed by atoms with Gasteiger partial charge in [0.05, 0.1) is 23.4 Å². The van der Waals surface area contributed by atoms with E-state index in [0.29, 0.717) is 30.8 Å². The van der Waals surface area contributed by atoms with E-state index < -0.39 is 15.9 Å². The molecule has 3 rings (SSSR count). The second-order valence-corrected chi connectivity index (χ2v) is 8.04. The van der Waals surface area contributed by atoms with Crippen molar-refractivity contribution >= 4 is 37.6 Å². The maximum atomic E-state index is 12.2. The van der Waals surface area contributed by atoms with Crippen LogP contribution in [0.5, 0.6) is 0 Å². The van der Waals surface area contributed by atoms with Gasteiger partial charge in [0.2, 0.25) is 15.8 Å². The van der Waals surface area contributed by atoms with Crippen LogP contribution in [0.1, 0.15) is 10.6 Å². The standard InChI is InChI=1S/C12H15BrN6O4S/c13-9-7-15-12-16-10(17-19(12)8-9)11(20)14-1-6-24(21,22)18-2-4-23-5-3-18/h7-8H,1-6H2,(H,14,20). The molecule has 0 radical (unpaired) electrons. The molecule has 1 amide bonds. The summed E-state index contributed by atoms with van der Waals surface area (Å²) in [4.78, 5) is 20.0. The average Bonchev–Trinajstić information content (AvgIpc) is 2.98. The Bertz CT molecular complexity index is 848. The highest BCUT2D eigenvalue weighted by molar-refractivity contribution is 9.10. The second-order valence-electron chi connectivity index (χ2n) is 5.04. The first-order valence-electron chi connectivity index (χ1n) is 7.17. The van der Waals surface area contributed by atoms with Gasteiger partial charge in [-0.1, -0.05) is 0 Å². The first-order valence-corrected chi connectivity index (χ1v) is 9.57. The van der Waals surface area contributed by atoms with E-state index in [2.05, 4.69) is 36.3 Å². The molecular formula is C12H15BrN6O4S. The first kappa shape index (κ1) is 17.2. The molecule has 2 aromatic heterocycles. The molecule has 1 aliphatic heterocycles. The third kappa shape index (κ3) is 3.88. The SMILES string of the molecule is O=C(NCCS(=O)(=O)N1CCOCC1)c1nc2ncc(Br)cn2n1. The topological polar surface area (TPSA) is 119 Å². The van der Waals surface area contributed by atoms with E-state index in [0.717, 1.165) is 0 Å². The summed E-state index contributed by atoms with van der Waals surface area (Å²) in [7, 11) is -3.42. The van der Waals surface area contributed by atoms with Crippen LogP contribution in [0.4, 0.5) is 0 Å². The summed E-state index contributed by atoms with van der Waals surface area (Å²) >= 11 is 3.25. The van der Waals surface area contributed by atoms with Crippen molar-refractivity contribution in [1.82, 2.24) is 29.2 Å². The van der Waals surface area contributed by atoms with Gasteiger partial charge in [-0.2, -0.15) is 9.29 Å². The Balaban J connectivity index is 1.58. The van der Waals surface area contributed by atoms with Crippen molar-refractivity contribution in [2.75, 3.05) is 38.6 Å². The van der Waals surface area contributed by atoms with Crippen LogP contribution in [-0.4, -0.2) is 76.8 Å². The van der Waals surface area contributed by atoms with Gasteiger partial charge < -0.3 is 10.1 Å². The van der Waals surface area contributed by atoms with Gasteiger partial charge in [0.25, 0.3) is 11.7 Å². The molecule has 0 aromatic carbocycles. The molecule has 0 saturated carbocycles. The number of morpholine rings is 1. The van der Waals surface area contributed by atoms with Gasteiger partial charge in [-0.15, -0.1) is 5.10 Å². The molecular weight excluding hydrogens is 404 g/mol.